The summed E-state index contributed by atoms with van der Waals surface area (Å²) in [4.78, 5) is 11.2. The molecule has 0 aromatic heterocycles. The molecule has 0 spiro atoms. The second kappa shape index (κ2) is 7.13. The molecule has 6 heteroatoms. The molecule has 116 valence electrons. The molecule has 0 saturated carbocycles. The van der Waals surface area contributed by atoms with E-state index < -0.39 is 11.7 Å². The van der Waals surface area contributed by atoms with E-state index in [1.165, 1.54) is 24.3 Å². The molecule has 0 saturated heterocycles. The molecular weight excluding hydrogens is 309 g/mol. The summed E-state index contributed by atoms with van der Waals surface area (Å²) in [6.07, 6.45) is 0. The van der Waals surface area contributed by atoms with Gasteiger partial charge in [0, 0.05) is 11.1 Å². The van der Waals surface area contributed by atoms with Gasteiger partial charge in [0.1, 0.15) is 12.4 Å². The number of benzene rings is 2. The van der Waals surface area contributed by atoms with Gasteiger partial charge in [-0.3, -0.25) is 4.79 Å². The third-order valence-corrected chi connectivity index (χ3v) is 3.32. The van der Waals surface area contributed by atoms with Gasteiger partial charge >= 0.3 is 0 Å². The zero-order valence-corrected chi connectivity index (χ0v) is 12.7. The van der Waals surface area contributed by atoms with Crippen molar-refractivity contribution in [3.8, 4) is 11.5 Å². The average Bonchev–Trinajstić information content (AvgIpc) is 2.48. The highest BCUT2D eigenvalue weighted by Gasteiger charge is 2.12. The standard InChI is InChI=1S/C16H15ClFNO3/c1-2-21-15-8-10(16(19)20)6-7-14(15)22-9-11-12(17)4-3-5-13(11)18/h3-8H,2,9H2,1H3,(H2,19,20). The maximum atomic E-state index is 13.7. The maximum Gasteiger partial charge on any atom is 0.248 e. The quantitative estimate of drug-likeness (QED) is 0.884. The minimum atomic E-state index is -0.565. The number of rotatable bonds is 6. The van der Waals surface area contributed by atoms with Gasteiger partial charge in [-0.15, -0.1) is 0 Å². The Morgan fingerprint density at radius 1 is 1.23 bits per heavy atom. The number of amides is 1. The van der Waals surface area contributed by atoms with Crippen molar-refractivity contribution in [2.75, 3.05) is 6.61 Å². The molecule has 0 fully saturated rings. The van der Waals surface area contributed by atoms with Crippen molar-refractivity contribution in [3.63, 3.8) is 0 Å². The Morgan fingerprint density at radius 3 is 2.64 bits per heavy atom. The summed E-state index contributed by atoms with van der Waals surface area (Å²) in [5, 5.41) is 0.284. The number of nitrogens with two attached hydrogens (primary N) is 1. The molecular formula is C16H15ClFNO3. The lowest BCUT2D eigenvalue weighted by molar-refractivity contribution is 0.0999. The number of ether oxygens (including phenoxy) is 2. The number of hydrogen-bond acceptors (Lipinski definition) is 3. The van der Waals surface area contributed by atoms with Gasteiger partial charge in [0.2, 0.25) is 5.91 Å². The van der Waals surface area contributed by atoms with Crippen LogP contribution in [0.4, 0.5) is 4.39 Å². The molecule has 0 atom stereocenters. The molecule has 0 aliphatic carbocycles. The Kier molecular flexibility index (Phi) is 5.22. The topological polar surface area (TPSA) is 61.5 Å². The van der Waals surface area contributed by atoms with Crippen molar-refractivity contribution >= 4 is 17.5 Å². The highest BCUT2D eigenvalue weighted by molar-refractivity contribution is 6.31. The summed E-state index contributed by atoms with van der Waals surface area (Å²) < 4.78 is 24.7. The SMILES string of the molecule is CCOc1cc(C(N)=O)ccc1OCc1c(F)cccc1Cl. The summed E-state index contributed by atoms with van der Waals surface area (Å²) in [5.74, 6) is -0.263. The molecule has 4 nitrogen and oxygen atoms in total. The number of carbonyl (C=O) groups excluding carboxylic acids is 1. The lowest BCUT2D eigenvalue weighted by Crippen LogP contribution is -2.11. The van der Waals surface area contributed by atoms with E-state index in [-0.39, 0.29) is 17.2 Å². The van der Waals surface area contributed by atoms with E-state index in [0.717, 1.165) is 0 Å². The van der Waals surface area contributed by atoms with Gasteiger partial charge in [0.15, 0.2) is 11.5 Å². The van der Waals surface area contributed by atoms with E-state index in [4.69, 9.17) is 26.8 Å². The highest BCUT2D eigenvalue weighted by Crippen LogP contribution is 2.30. The van der Waals surface area contributed by atoms with Gasteiger partial charge in [-0.05, 0) is 37.3 Å². The Morgan fingerprint density at radius 2 is 2.00 bits per heavy atom. The summed E-state index contributed by atoms with van der Waals surface area (Å²) in [6.45, 7) is 2.13. The van der Waals surface area contributed by atoms with Crippen LogP contribution in [0, 0.1) is 5.82 Å². The van der Waals surface area contributed by atoms with Gasteiger partial charge in [0.25, 0.3) is 0 Å². The lowest BCUT2D eigenvalue weighted by atomic mass is 10.2. The van der Waals surface area contributed by atoms with Crippen LogP contribution in [0.1, 0.15) is 22.8 Å². The average molecular weight is 324 g/mol. The first kappa shape index (κ1) is 16.1. The lowest BCUT2D eigenvalue weighted by Gasteiger charge is -2.13. The summed E-state index contributed by atoms with van der Waals surface area (Å²) >= 11 is 5.95. The van der Waals surface area contributed by atoms with E-state index in [1.54, 1.807) is 19.1 Å². The Hall–Kier alpha value is -2.27. The first-order chi connectivity index (χ1) is 10.5. The number of hydrogen-bond donors (Lipinski definition) is 1. The van der Waals surface area contributed by atoms with Crippen LogP contribution in [0.25, 0.3) is 0 Å². The summed E-state index contributed by atoms with van der Waals surface area (Å²) in [5.41, 5.74) is 5.79. The first-order valence-electron chi connectivity index (χ1n) is 6.65. The molecule has 22 heavy (non-hydrogen) atoms. The van der Waals surface area contributed by atoms with E-state index in [9.17, 15) is 9.18 Å². The second-order valence-corrected chi connectivity index (χ2v) is 4.85. The van der Waals surface area contributed by atoms with Crippen LogP contribution in [-0.4, -0.2) is 12.5 Å². The molecule has 0 radical (unpaired) electrons. The molecule has 1 amide bonds. The normalized spacial score (nSPS) is 10.3. The zero-order valence-electron chi connectivity index (χ0n) is 11.9. The van der Waals surface area contributed by atoms with Crippen molar-refractivity contribution < 1.29 is 18.7 Å². The highest BCUT2D eigenvalue weighted by atomic mass is 35.5. The second-order valence-electron chi connectivity index (χ2n) is 4.45. The fourth-order valence-electron chi connectivity index (χ4n) is 1.87. The predicted molar refractivity (Wildman–Crippen MR) is 81.9 cm³/mol. The number of primary amides is 1. The van der Waals surface area contributed by atoms with E-state index in [0.29, 0.717) is 23.7 Å². The number of halogens is 2. The van der Waals surface area contributed by atoms with Crippen LogP contribution < -0.4 is 15.2 Å². The first-order valence-corrected chi connectivity index (χ1v) is 7.03. The molecule has 0 heterocycles. The van der Waals surface area contributed by atoms with Crippen molar-refractivity contribution in [1.29, 1.82) is 0 Å². The number of carbonyl (C=O) groups is 1. The molecule has 0 aliphatic rings. The summed E-state index contributed by atoms with van der Waals surface area (Å²) in [6, 6.07) is 8.98. The molecule has 2 aromatic rings. The van der Waals surface area contributed by atoms with Gasteiger partial charge in [-0.2, -0.15) is 0 Å². The Bertz CT molecular complexity index is 671. The molecule has 0 aliphatic heterocycles. The predicted octanol–water partition coefficient (Wildman–Crippen LogP) is 3.56. The van der Waals surface area contributed by atoms with Gasteiger partial charge in [0.05, 0.1) is 11.6 Å². The zero-order chi connectivity index (χ0) is 16.1. The fourth-order valence-corrected chi connectivity index (χ4v) is 2.09. The van der Waals surface area contributed by atoms with Crippen LogP contribution >= 0.6 is 11.6 Å². The summed E-state index contributed by atoms with van der Waals surface area (Å²) in [7, 11) is 0. The van der Waals surface area contributed by atoms with Crippen LogP contribution in [0.5, 0.6) is 11.5 Å². The molecule has 2 N–H and O–H groups in total. The third kappa shape index (κ3) is 3.68. The van der Waals surface area contributed by atoms with Crippen LogP contribution in [0.15, 0.2) is 36.4 Å². The van der Waals surface area contributed by atoms with E-state index in [1.807, 2.05) is 0 Å². The van der Waals surface area contributed by atoms with E-state index >= 15 is 0 Å². The van der Waals surface area contributed by atoms with E-state index in [2.05, 4.69) is 0 Å². The molecule has 0 unspecified atom stereocenters. The van der Waals surface area contributed by atoms with Gasteiger partial charge in [-0.1, -0.05) is 17.7 Å². The van der Waals surface area contributed by atoms with Crippen molar-refractivity contribution in [2.24, 2.45) is 5.73 Å². The van der Waals surface area contributed by atoms with Crippen LogP contribution in [-0.2, 0) is 6.61 Å². The van der Waals surface area contributed by atoms with Crippen molar-refractivity contribution in [1.82, 2.24) is 0 Å². The molecule has 2 rings (SSSR count). The largest absolute Gasteiger partial charge is 0.490 e. The monoisotopic (exact) mass is 323 g/mol. The maximum absolute atomic E-state index is 13.7. The molecule has 2 aromatic carbocycles. The minimum absolute atomic E-state index is 0.0541. The van der Waals surface area contributed by atoms with Crippen LogP contribution in [0.2, 0.25) is 5.02 Å². The molecule has 0 bridgehead atoms. The Balaban J connectivity index is 2.23. The third-order valence-electron chi connectivity index (χ3n) is 2.96. The van der Waals surface area contributed by atoms with Crippen molar-refractivity contribution in [2.45, 2.75) is 13.5 Å². The van der Waals surface area contributed by atoms with Gasteiger partial charge in [-0.25, -0.2) is 4.39 Å². The Labute approximate surface area is 132 Å². The van der Waals surface area contributed by atoms with Crippen LogP contribution in [0.3, 0.4) is 0 Å². The minimum Gasteiger partial charge on any atom is -0.490 e. The smallest absolute Gasteiger partial charge is 0.248 e. The van der Waals surface area contributed by atoms with Crippen molar-refractivity contribution in [3.05, 3.63) is 58.4 Å². The fraction of sp³-hybridized carbons (Fsp3) is 0.188. The van der Waals surface area contributed by atoms with Gasteiger partial charge < -0.3 is 15.2 Å².